The van der Waals surface area contributed by atoms with Crippen molar-refractivity contribution < 1.29 is 47.5 Å². The molecule has 0 aromatic heterocycles. The van der Waals surface area contributed by atoms with Crippen molar-refractivity contribution in [3.05, 3.63) is 0 Å². The molecule has 0 spiro atoms. The molecule has 3 amide bonds. The second kappa shape index (κ2) is 27.1. The molecule has 0 aliphatic carbocycles. The van der Waals surface area contributed by atoms with Gasteiger partial charge in [0, 0.05) is 30.5 Å². The van der Waals surface area contributed by atoms with Gasteiger partial charge in [0.1, 0.15) is 0 Å². The molecule has 14 nitrogen and oxygen atoms in total. The monoisotopic (exact) mass is 638 g/mol. The third kappa shape index (κ3) is 20.4. The Morgan fingerprint density at radius 2 is 1.16 bits per heavy atom. The minimum Gasteiger partial charge on any atom is -0.378 e. The minimum absolute atomic E-state index is 0.0467. The summed E-state index contributed by atoms with van der Waals surface area (Å²) in [6.07, 6.45) is 3.35. The Labute approximate surface area is 260 Å². The van der Waals surface area contributed by atoms with Crippen LogP contribution in [0.5, 0.6) is 0 Å². The number of thioether (sulfide) groups is 1. The smallest absolute Gasteiger partial charge is 0.315 e. The lowest BCUT2D eigenvalue weighted by Gasteiger charge is -2.16. The van der Waals surface area contributed by atoms with E-state index in [1.165, 1.54) is 0 Å². The molecule has 2 fully saturated rings. The summed E-state index contributed by atoms with van der Waals surface area (Å²) >= 11 is 1.90. The molecular formula is C28H54N4O10S. The molecule has 252 valence electrons. The van der Waals surface area contributed by atoms with Crippen LogP contribution in [0, 0.1) is 0 Å². The van der Waals surface area contributed by atoms with E-state index in [0.717, 1.165) is 25.0 Å². The first kappa shape index (κ1) is 37.9. The Hall–Kier alpha value is -1.27. The molecule has 2 aliphatic rings. The van der Waals surface area contributed by atoms with E-state index in [1.54, 1.807) is 0 Å². The van der Waals surface area contributed by atoms with Crippen molar-refractivity contribution in [1.82, 2.24) is 16.0 Å². The molecule has 0 unspecified atom stereocenters. The zero-order chi connectivity index (χ0) is 30.6. The van der Waals surface area contributed by atoms with E-state index in [-0.39, 0.29) is 24.0 Å². The Morgan fingerprint density at radius 1 is 0.698 bits per heavy atom. The molecule has 2 aliphatic heterocycles. The molecule has 2 heterocycles. The van der Waals surface area contributed by atoms with E-state index < -0.39 is 0 Å². The summed E-state index contributed by atoms with van der Waals surface area (Å²) in [6, 6.07) is 0.418. The van der Waals surface area contributed by atoms with Gasteiger partial charge in [-0.15, -0.1) is 0 Å². The van der Waals surface area contributed by atoms with Crippen molar-refractivity contribution in [2.24, 2.45) is 5.73 Å². The molecule has 5 N–H and O–H groups in total. The van der Waals surface area contributed by atoms with E-state index in [2.05, 4.69) is 16.0 Å². The van der Waals surface area contributed by atoms with Gasteiger partial charge in [-0.1, -0.05) is 6.42 Å². The Balaban J connectivity index is 1.19. The number of fused-ring (bicyclic) bond motifs is 1. The highest BCUT2D eigenvalue weighted by Crippen LogP contribution is 2.33. The second-order valence-corrected chi connectivity index (χ2v) is 11.2. The van der Waals surface area contributed by atoms with Gasteiger partial charge in [0.05, 0.1) is 118 Å². The van der Waals surface area contributed by atoms with Crippen molar-refractivity contribution in [2.45, 2.75) is 43.0 Å². The van der Waals surface area contributed by atoms with Crippen LogP contribution in [-0.4, -0.2) is 154 Å². The van der Waals surface area contributed by atoms with Crippen molar-refractivity contribution in [2.75, 3.05) is 125 Å². The number of nitrogens with one attached hydrogen (secondary N) is 3. The van der Waals surface area contributed by atoms with Gasteiger partial charge in [0.2, 0.25) is 5.91 Å². The highest BCUT2D eigenvalue weighted by Gasteiger charge is 2.42. The summed E-state index contributed by atoms with van der Waals surface area (Å²) in [6.45, 7) is 9.11. The van der Waals surface area contributed by atoms with Crippen LogP contribution in [-0.2, 0) is 42.7 Å². The summed E-state index contributed by atoms with van der Waals surface area (Å²) in [5.74, 6) is 1.01. The zero-order valence-electron chi connectivity index (χ0n) is 25.6. The lowest BCUT2D eigenvalue weighted by atomic mass is 10.0. The van der Waals surface area contributed by atoms with E-state index in [0.29, 0.717) is 130 Å². The molecule has 0 bridgehead atoms. The first-order chi connectivity index (χ1) is 21.2. The van der Waals surface area contributed by atoms with Gasteiger partial charge < -0.3 is 59.6 Å². The number of amides is 3. The van der Waals surface area contributed by atoms with Gasteiger partial charge in [-0.05, 0) is 12.8 Å². The molecule has 0 saturated carbocycles. The fraction of sp³-hybridized carbons (Fsp3) is 0.929. The lowest BCUT2D eigenvalue weighted by Crippen LogP contribution is -2.36. The molecule has 15 heteroatoms. The summed E-state index contributed by atoms with van der Waals surface area (Å²) in [5.41, 5.74) is 5.33. The maximum Gasteiger partial charge on any atom is 0.315 e. The third-order valence-electron chi connectivity index (χ3n) is 6.52. The number of hydrogen-bond acceptors (Lipinski definition) is 12. The first-order valence-electron chi connectivity index (χ1n) is 15.5. The minimum atomic E-state index is -0.0583. The number of carbonyl (C=O) groups excluding carboxylic acids is 2. The molecule has 3 atom stereocenters. The largest absolute Gasteiger partial charge is 0.378 e. The van der Waals surface area contributed by atoms with E-state index in [4.69, 9.17) is 43.6 Å². The van der Waals surface area contributed by atoms with E-state index in [9.17, 15) is 9.59 Å². The predicted octanol–water partition coefficient (Wildman–Crippen LogP) is -0.0801. The SMILES string of the molecule is NCCOCCOCCOCCOCCOCCOCCOCCOCCNC(=O)CCCC[C@@H]1SC[C@@H]2NC(=O)N[C@@H]21. The number of urea groups is 1. The summed E-state index contributed by atoms with van der Waals surface area (Å²) in [7, 11) is 0. The number of ether oxygens (including phenoxy) is 8. The van der Waals surface area contributed by atoms with Crippen molar-refractivity contribution in [3.8, 4) is 0 Å². The standard InChI is InChI=1S/C28H54N4O10S/c29-5-7-35-9-11-37-13-15-39-17-19-41-21-22-42-20-18-40-16-14-38-12-10-36-8-6-30-26(33)4-2-1-3-25-27-24(23-43-25)31-28(34)32-27/h24-25,27H,1-23,29H2,(H,30,33)(H2,31,32,34)/t24-,25-,27-/m0/s1. The topological polar surface area (TPSA) is 170 Å². The third-order valence-corrected chi connectivity index (χ3v) is 8.02. The van der Waals surface area contributed by atoms with E-state index >= 15 is 0 Å². The number of nitrogens with two attached hydrogens (primary N) is 1. The average Bonchev–Trinajstić information content (AvgIpc) is 3.56. The molecule has 2 saturated heterocycles. The maximum atomic E-state index is 12.0. The average molecular weight is 639 g/mol. The van der Waals surface area contributed by atoms with Crippen LogP contribution in [0.4, 0.5) is 4.79 Å². The van der Waals surface area contributed by atoms with Crippen LogP contribution in [0.25, 0.3) is 0 Å². The molecule has 0 radical (unpaired) electrons. The normalized spacial score (nSPS) is 19.4. The van der Waals surface area contributed by atoms with Crippen LogP contribution >= 0.6 is 11.8 Å². The Morgan fingerprint density at radius 3 is 1.65 bits per heavy atom. The lowest BCUT2D eigenvalue weighted by molar-refractivity contribution is -0.121. The first-order valence-corrected chi connectivity index (χ1v) is 16.5. The zero-order valence-corrected chi connectivity index (χ0v) is 26.4. The second-order valence-electron chi connectivity index (χ2n) is 9.91. The summed E-state index contributed by atoms with van der Waals surface area (Å²) in [4.78, 5) is 23.4. The van der Waals surface area contributed by atoms with Gasteiger partial charge >= 0.3 is 6.03 Å². The highest BCUT2D eigenvalue weighted by molar-refractivity contribution is 8.00. The molecule has 2 rings (SSSR count). The maximum absolute atomic E-state index is 12.0. The molecule has 0 aromatic rings. The molecular weight excluding hydrogens is 584 g/mol. The van der Waals surface area contributed by atoms with Crippen molar-refractivity contribution >= 4 is 23.7 Å². The summed E-state index contributed by atoms with van der Waals surface area (Å²) < 4.78 is 43.3. The molecule has 43 heavy (non-hydrogen) atoms. The van der Waals surface area contributed by atoms with Gasteiger partial charge in [0.25, 0.3) is 0 Å². The van der Waals surface area contributed by atoms with E-state index in [1.807, 2.05) is 11.8 Å². The summed E-state index contributed by atoms with van der Waals surface area (Å²) in [5, 5.41) is 9.28. The predicted molar refractivity (Wildman–Crippen MR) is 163 cm³/mol. The van der Waals surface area contributed by atoms with Gasteiger partial charge in [-0.3, -0.25) is 4.79 Å². The number of hydrogen-bond donors (Lipinski definition) is 4. The van der Waals surface area contributed by atoms with Crippen LogP contribution in [0.2, 0.25) is 0 Å². The van der Waals surface area contributed by atoms with Crippen LogP contribution < -0.4 is 21.7 Å². The number of carbonyl (C=O) groups is 2. The van der Waals surface area contributed by atoms with Crippen LogP contribution in [0.1, 0.15) is 25.7 Å². The van der Waals surface area contributed by atoms with Crippen molar-refractivity contribution in [3.63, 3.8) is 0 Å². The van der Waals surface area contributed by atoms with Gasteiger partial charge in [-0.2, -0.15) is 11.8 Å². The number of rotatable bonds is 31. The number of unbranched alkanes of at least 4 members (excludes halogenated alkanes) is 1. The van der Waals surface area contributed by atoms with Gasteiger partial charge in [0.15, 0.2) is 0 Å². The highest BCUT2D eigenvalue weighted by atomic mass is 32.2. The van der Waals surface area contributed by atoms with Crippen LogP contribution in [0.3, 0.4) is 0 Å². The molecule has 0 aromatic carbocycles. The fourth-order valence-electron chi connectivity index (χ4n) is 4.35. The Kier molecular flexibility index (Phi) is 23.9. The van der Waals surface area contributed by atoms with Crippen molar-refractivity contribution in [1.29, 1.82) is 0 Å². The Bertz CT molecular complexity index is 700. The fourth-order valence-corrected chi connectivity index (χ4v) is 5.89. The quantitative estimate of drug-likeness (QED) is 0.0589. The van der Waals surface area contributed by atoms with Gasteiger partial charge in [-0.25, -0.2) is 4.79 Å². The van der Waals surface area contributed by atoms with Crippen LogP contribution in [0.15, 0.2) is 0 Å².